The maximum atomic E-state index is 12.2. The van der Waals surface area contributed by atoms with E-state index >= 15 is 0 Å². The van der Waals surface area contributed by atoms with Crippen molar-refractivity contribution >= 4 is 12.0 Å². The molecule has 2 amide bonds. The second kappa shape index (κ2) is 8.22. The van der Waals surface area contributed by atoms with Gasteiger partial charge in [0.25, 0.3) is 0 Å². The van der Waals surface area contributed by atoms with Crippen LogP contribution in [0.15, 0.2) is 0 Å². The molecule has 6 heteroatoms. The Balaban J connectivity index is 2.41. The van der Waals surface area contributed by atoms with Gasteiger partial charge in [0, 0.05) is 19.6 Å². The molecule has 2 N–H and O–H groups in total. The monoisotopic (exact) mass is 300 g/mol. The average Bonchev–Trinajstić information content (AvgIpc) is 2.82. The maximum absolute atomic E-state index is 12.2. The van der Waals surface area contributed by atoms with Gasteiger partial charge in [-0.15, -0.1) is 0 Å². The highest BCUT2D eigenvalue weighted by atomic mass is 16.5. The number of carbonyl (C=O) groups is 2. The van der Waals surface area contributed by atoms with Gasteiger partial charge in [-0.1, -0.05) is 27.7 Å². The fraction of sp³-hybridized carbons (Fsp3) is 0.867. The molecule has 0 aromatic rings. The first-order valence-corrected chi connectivity index (χ1v) is 7.70. The van der Waals surface area contributed by atoms with Crippen LogP contribution < -0.4 is 5.32 Å². The Hall–Kier alpha value is -1.30. The third kappa shape index (κ3) is 6.33. The van der Waals surface area contributed by atoms with Crippen LogP contribution in [-0.4, -0.2) is 53.8 Å². The lowest BCUT2D eigenvalue weighted by Gasteiger charge is -2.27. The largest absolute Gasteiger partial charge is 0.479 e. The van der Waals surface area contributed by atoms with E-state index in [1.54, 1.807) is 0 Å². The minimum Gasteiger partial charge on any atom is -0.479 e. The van der Waals surface area contributed by atoms with Crippen LogP contribution in [0.25, 0.3) is 0 Å². The topological polar surface area (TPSA) is 78.9 Å². The smallest absolute Gasteiger partial charge is 0.332 e. The molecule has 0 aromatic heterocycles. The Morgan fingerprint density at radius 1 is 1.19 bits per heavy atom. The molecule has 122 valence electrons. The van der Waals surface area contributed by atoms with Crippen LogP contribution in [0.1, 0.15) is 40.5 Å². The molecule has 1 aliphatic heterocycles. The molecule has 2 atom stereocenters. The van der Waals surface area contributed by atoms with Gasteiger partial charge in [-0.3, -0.25) is 0 Å². The molecule has 1 aliphatic rings. The Morgan fingerprint density at radius 3 is 2.19 bits per heavy atom. The molecule has 0 radical (unpaired) electrons. The molecule has 1 rings (SSSR count). The third-order valence-electron chi connectivity index (χ3n) is 3.32. The van der Waals surface area contributed by atoms with Gasteiger partial charge in [-0.25, -0.2) is 9.59 Å². The van der Waals surface area contributed by atoms with Crippen LogP contribution in [0.5, 0.6) is 0 Å². The Bertz CT molecular complexity index is 348. The van der Waals surface area contributed by atoms with Crippen LogP contribution in [0, 0.1) is 11.8 Å². The number of ether oxygens (including phenoxy) is 1. The molecular formula is C15H28N2O4. The van der Waals surface area contributed by atoms with E-state index in [0.717, 1.165) is 0 Å². The van der Waals surface area contributed by atoms with Gasteiger partial charge in [0.1, 0.15) is 0 Å². The van der Waals surface area contributed by atoms with Gasteiger partial charge in [-0.2, -0.15) is 0 Å². The maximum Gasteiger partial charge on any atom is 0.332 e. The molecule has 0 aliphatic carbocycles. The van der Waals surface area contributed by atoms with E-state index in [1.807, 2.05) is 4.90 Å². The van der Waals surface area contributed by atoms with E-state index in [-0.39, 0.29) is 12.1 Å². The number of aliphatic carboxylic acids is 1. The number of nitrogens with zero attached hydrogens (tertiary/aromatic N) is 1. The normalized spacial score (nSPS) is 21.8. The highest BCUT2D eigenvalue weighted by Gasteiger charge is 2.30. The van der Waals surface area contributed by atoms with Crippen molar-refractivity contribution in [1.29, 1.82) is 0 Å². The van der Waals surface area contributed by atoms with Crippen LogP contribution in [-0.2, 0) is 9.53 Å². The number of amides is 2. The van der Waals surface area contributed by atoms with E-state index in [2.05, 4.69) is 33.0 Å². The summed E-state index contributed by atoms with van der Waals surface area (Å²) in [5, 5.41) is 11.7. The summed E-state index contributed by atoms with van der Waals surface area (Å²) in [4.78, 5) is 24.9. The standard InChI is InChI=1S/C15H28N2O4/c1-10(2)8-17(9-11(3)4)15(20)16-7-12-5-6-13(21-12)14(18)19/h10-13H,5-9H2,1-4H3,(H,16,20)(H,18,19). The molecule has 2 unspecified atom stereocenters. The summed E-state index contributed by atoms with van der Waals surface area (Å²) >= 11 is 0. The SMILES string of the molecule is CC(C)CN(CC(C)C)C(=O)NCC1CCC(C(=O)O)O1. The predicted molar refractivity (Wildman–Crippen MR) is 80.2 cm³/mol. The van der Waals surface area contributed by atoms with Crippen molar-refractivity contribution in [2.45, 2.75) is 52.7 Å². The van der Waals surface area contributed by atoms with Crippen molar-refractivity contribution in [3.8, 4) is 0 Å². The fourth-order valence-electron chi connectivity index (χ4n) is 2.47. The number of nitrogens with one attached hydrogen (secondary N) is 1. The van der Waals surface area contributed by atoms with Crippen molar-refractivity contribution in [3.05, 3.63) is 0 Å². The third-order valence-corrected chi connectivity index (χ3v) is 3.32. The lowest BCUT2D eigenvalue weighted by molar-refractivity contribution is -0.149. The summed E-state index contributed by atoms with van der Waals surface area (Å²) in [6, 6.07) is -0.0974. The lowest BCUT2D eigenvalue weighted by Crippen LogP contribution is -2.45. The van der Waals surface area contributed by atoms with E-state index in [4.69, 9.17) is 9.84 Å². The van der Waals surface area contributed by atoms with Gasteiger partial charge >= 0.3 is 12.0 Å². The van der Waals surface area contributed by atoms with Crippen LogP contribution in [0.2, 0.25) is 0 Å². The van der Waals surface area contributed by atoms with Gasteiger partial charge in [0.05, 0.1) is 6.10 Å². The van der Waals surface area contributed by atoms with Gasteiger partial charge in [0.2, 0.25) is 0 Å². The number of carbonyl (C=O) groups excluding carboxylic acids is 1. The molecule has 0 saturated carbocycles. The Kier molecular flexibility index (Phi) is 6.95. The van der Waals surface area contributed by atoms with Crippen molar-refractivity contribution in [2.75, 3.05) is 19.6 Å². The number of carboxylic acid groups (broad SMARTS) is 1. The first-order valence-electron chi connectivity index (χ1n) is 7.70. The Labute approximate surface area is 126 Å². The number of urea groups is 1. The summed E-state index contributed by atoms with van der Waals surface area (Å²) in [5.41, 5.74) is 0. The molecule has 21 heavy (non-hydrogen) atoms. The van der Waals surface area contributed by atoms with E-state index in [0.29, 0.717) is 44.3 Å². The summed E-state index contributed by atoms with van der Waals surface area (Å²) < 4.78 is 5.38. The summed E-state index contributed by atoms with van der Waals surface area (Å²) in [6.45, 7) is 10.1. The molecule has 0 bridgehead atoms. The van der Waals surface area contributed by atoms with E-state index < -0.39 is 12.1 Å². The highest BCUT2D eigenvalue weighted by Crippen LogP contribution is 2.19. The van der Waals surface area contributed by atoms with Crippen LogP contribution >= 0.6 is 0 Å². The molecular weight excluding hydrogens is 272 g/mol. The number of hydrogen-bond acceptors (Lipinski definition) is 3. The van der Waals surface area contributed by atoms with Crippen LogP contribution in [0.3, 0.4) is 0 Å². The van der Waals surface area contributed by atoms with Crippen LogP contribution in [0.4, 0.5) is 4.79 Å². The van der Waals surface area contributed by atoms with Crippen molar-refractivity contribution in [2.24, 2.45) is 11.8 Å². The average molecular weight is 300 g/mol. The van der Waals surface area contributed by atoms with Crippen molar-refractivity contribution < 1.29 is 19.4 Å². The van der Waals surface area contributed by atoms with Gasteiger partial charge < -0.3 is 20.1 Å². The van der Waals surface area contributed by atoms with E-state index in [1.165, 1.54) is 0 Å². The fourth-order valence-corrected chi connectivity index (χ4v) is 2.47. The quantitative estimate of drug-likeness (QED) is 0.753. The van der Waals surface area contributed by atoms with Crippen molar-refractivity contribution in [1.82, 2.24) is 10.2 Å². The van der Waals surface area contributed by atoms with Gasteiger partial charge in [-0.05, 0) is 24.7 Å². The van der Waals surface area contributed by atoms with Gasteiger partial charge in [0.15, 0.2) is 6.10 Å². The predicted octanol–water partition coefficient (Wildman–Crippen LogP) is 1.94. The van der Waals surface area contributed by atoms with E-state index in [9.17, 15) is 9.59 Å². The first-order chi connectivity index (χ1) is 9.79. The second-order valence-corrected chi connectivity index (χ2v) is 6.54. The molecule has 1 fully saturated rings. The second-order valence-electron chi connectivity index (χ2n) is 6.54. The Morgan fingerprint density at radius 2 is 1.76 bits per heavy atom. The first kappa shape index (κ1) is 17.8. The zero-order valence-corrected chi connectivity index (χ0v) is 13.5. The number of hydrogen-bond donors (Lipinski definition) is 2. The highest BCUT2D eigenvalue weighted by molar-refractivity contribution is 5.74. The zero-order chi connectivity index (χ0) is 16.0. The summed E-state index contributed by atoms with van der Waals surface area (Å²) in [6.07, 6.45) is 0.257. The minimum absolute atomic E-state index is 0.0974. The number of rotatable bonds is 7. The molecule has 0 spiro atoms. The molecule has 6 nitrogen and oxygen atoms in total. The minimum atomic E-state index is -0.926. The van der Waals surface area contributed by atoms with Crippen molar-refractivity contribution in [3.63, 3.8) is 0 Å². The zero-order valence-electron chi connectivity index (χ0n) is 13.5. The molecule has 0 aromatic carbocycles. The summed E-state index contributed by atoms with van der Waals surface area (Å²) in [5.74, 6) is -0.104. The molecule has 1 heterocycles. The molecule has 1 saturated heterocycles. The lowest BCUT2D eigenvalue weighted by atomic mass is 10.1. The summed E-state index contributed by atoms with van der Waals surface area (Å²) in [7, 11) is 0. The number of carboxylic acids is 1.